The molecule has 0 saturated carbocycles. The molecule has 0 aliphatic carbocycles. The fourth-order valence-electron chi connectivity index (χ4n) is 4.21. The number of nitrogens with zero attached hydrogens (tertiary/aromatic N) is 3. The molecule has 1 atom stereocenters. The van der Waals surface area contributed by atoms with Crippen LogP contribution in [0.3, 0.4) is 0 Å². The highest BCUT2D eigenvalue weighted by molar-refractivity contribution is 5.81. The van der Waals surface area contributed by atoms with Crippen molar-refractivity contribution < 1.29 is 22.7 Å². The quantitative estimate of drug-likeness (QED) is 0.432. The Balaban J connectivity index is 1.54. The molecule has 0 saturated heterocycles. The maximum Gasteiger partial charge on any atom is 0.423 e. The van der Waals surface area contributed by atoms with Crippen molar-refractivity contribution in [3.63, 3.8) is 0 Å². The second-order valence-electron chi connectivity index (χ2n) is 8.03. The van der Waals surface area contributed by atoms with E-state index in [-0.39, 0.29) is 5.56 Å². The Labute approximate surface area is 186 Å². The first kappa shape index (κ1) is 21.3. The SMILES string of the molecule is OC(CN1CCNc2ccccc21)(c1ccc2c(cnn2-c2ccc(F)cc2)c1)C(F)(F)F. The zero-order valence-electron chi connectivity index (χ0n) is 17.4. The third-order valence-corrected chi connectivity index (χ3v) is 5.95. The standard InChI is InChI=1S/C24H20F4N4O/c25-18-6-8-19(9-7-18)32-21-10-5-17(13-16(21)14-30-32)23(33,24(26,27)28)15-31-12-11-29-20-3-1-2-4-22(20)31/h1-10,13-14,29,33H,11-12,15H2. The molecule has 0 radical (unpaired) electrons. The van der Waals surface area contributed by atoms with Crippen LogP contribution in [0.15, 0.2) is 72.9 Å². The summed E-state index contributed by atoms with van der Waals surface area (Å²) in [6.07, 6.45) is -3.48. The van der Waals surface area contributed by atoms with Crippen molar-refractivity contribution in [1.82, 2.24) is 9.78 Å². The molecule has 0 bridgehead atoms. The summed E-state index contributed by atoms with van der Waals surface area (Å²) in [6.45, 7) is 0.140. The lowest BCUT2D eigenvalue weighted by molar-refractivity contribution is -0.262. The van der Waals surface area contributed by atoms with Gasteiger partial charge in [0.05, 0.1) is 35.3 Å². The third kappa shape index (κ3) is 3.68. The molecule has 170 valence electrons. The van der Waals surface area contributed by atoms with Gasteiger partial charge in [-0.2, -0.15) is 18.3 Å². The number of hydrogen-bond acceptors (Lipinski definition) is 4. The lowest BCUT2D eigenvalue weighted by Gasteiger charge is -2.39. The van der Waals surface area contributed by atoms with Crippen LogP contribution in [0.4, 0.5) is 28.9 Å². The van der Waals surface area contributed by atoms with E-state index in [1.165, 1.54) is 53.3 Å². The minimum absolute atomic E-state index is 0.267. The molecular formula is C24H20F4N4O. The maximum absolute atomic E-state index is 14.3. The first-order chi connectivity index (χ1) is 15.8. The van der Waals surface area contributed by atoms with Gasteiger partial charge < -0.3 is 15.3 Å². The van der Waals surface area contributed by atoms with Gasteiger partial charge in [0.25, 0.3) is 0 Å². The number of aromatic nitrogens is 2. The third-order valence-electron chi connectivity index (χ3n) is 5.95. The highest BCUT2D eigenvalue weighted by Gasteiger charge is 2.56. The van der Waals surface area contributed by atoms with Gasteiger partial charge in [-0.15, -0.1) is 0 Å². The zero-order valence-corrected chi connectivity index (χ0v) is 17.4. The number of hydrogen-bond donors (Lipinski definition) is 2. The van der Waals surface area contributed by atoms with Gasteiger partial charge in [-0.3, -0.25) is 0 Å². The number of nitrogens with one attached hydrogen (secondary N) is 1. The first-order valence-corrected chi connectivity index (χ1v) is 10.4. The van der Waals surface area contributed by atoms with Crippen LogP contribution < -0.4 is 10.2 Å². The molecule has 4 aromatic rings. The number of anilines is 2. The number of alkyl halides is 3. The van der Waals surface area contributed by atoms with E-state index in [4.69, 9.17) is 0 Å². The van der Waals surface area contributed by atoms with E-state index in [0.717, 1.165) is 5.69 Å². The molecule has 2 N–H and O–H groups in total. The number of halogens is 4. The van der Waals surface area contributed by atoms with Crippen LogP contribution in [0.1, 0.15) is 5.56 Å². The Hall–Kier alpha value is -3.59. The van der Waals surface area contributed by atoms with Gasteiger partial charge in [-0.25, -0.2) is 9.07 Å². The lowest BCUT2D eigenvalue weighted by Crippen LogP contribution is -2.53. The Morgan fingerprint density at radius 1 is 1.00 bits per heavy atom. The minimum Gasteiger partial charge on any atom is -0.382 e. The highest BCUT2D eigenvalue weighted by atomic mass is 19.4. The van der Waals surface area contributed by atoms with Crippen LogP contribution in [-0.2, 0) is 5.60 Å². The van der Waals surface area contributed by atoms with Gasteiger partial charge in [0.2, 0.25) is 5.60 Å². The van der Waals surface area contributed by atoms with Crippen molar-refractivity contribution in [2.24, 2.45) is 0 Å². The van der Waals surface area contributed by atoms with Gasteiger partial charge in [-0.05, 0) is 54.1 Å². The molecule has 5 rings (SSSR count). The van der Waals surface area contributed by atoms with Gasteiger partial charge in [0.1, 0.15) is 5.82 Å². The van der Waals surface area contributed by atoms with Gasteiger partial charge in [0.15, 0.2) is 0 Å². The van der Waals surface area contributed by atoms with Crippen molar-refractivity contribution in [2.75, 3.05) is 29.9 Å². The van der Waals surface area contributed by atoms with Crippen molar-refractivity contribution >= 4 is 22.3 Å². The Morgan fingerprint density at radius 3 is 2.52 bits per heavy atom. The van der Waals surface area contributed by atoms with E-state index in [1.807, 2.05) is 0 Å². The molecule has 0 fully saturated rings. The van der Waals surface area contributed by atoms with E-state index < -0.39 is 24.1 Å². The summed E-state index contributed by atoms with van der Waals surface area (Å²) in [7, 11) is 0. The molecule has 3 aromatic carbocycles. The molecular weight excluding hydrogens is 436 g/mol. The normalized spacial score (nSPS) is 15.7. The predicted molar refractivity (Wildman–Crippen MR) is 118 cm³/mol. The van der Waals surface area contributed by atoms with Crippen molar-refractivity contribution in [2.45, 2.75) is 11.8 Å². The summed E-state index contributed by atoms with van der Waals surface area (Å²) in [5.74, 6) is -0.401. The van der Waals surface area contributed by atoms with E-state index in [0.29, 0.717) is 35.4 Å². The molecule has 2 heterocycles. The number of aliphatic hydroxyl groups is 1. The largest absolute Gasteiger partial charge is 0.423 e. The topological polar surface area (TPSA) is 53.3 Å². The number of benzene rings is 3. The number of fused-ring (bicyclic) bond motifs is 2. The number of para-hydroxylation sites is 2. The smallest absolute Gasteiger partial charge is 0.382 e. The molecule has 33 heavy (non-hydrogen) atoms. The second kappa shape index (κ2) is 7.77. The highest BCUT2D eigenvalue weighted by Crippen LogP contribution is 2.42. The molecule has 0 spiro atoms. The van der Waals surface area contributed by atoms with Crippen molar-refractivity contribution in [3.8, 4) is 5.69 Å². The number of rotatable bonds is 4. The lowest BCUT2D eigenvalue weighted by atomic mass is 9.91. The summed E-state index contributed by atoms with van der Waals surface area (Å²) in [4.78, 5) is 1.55. The van der Waals surface area contributed by atoms with Gasteiger partial charge in [0, 0.05) is 18.5 Å². The van der Waals surface area contributed by atoms with Crippen LogP contribution in [0, 0.1) is 5.82 Å². The average Bonchev–Trinajstić information content (AvgIpc) is 3.22. The van der Waals surface area contributed by atoms with Crippen molar-refractivity contribution in [3.05, 3.63) is 84.3 Å². The van der Waals surface area contributed by atoms with Crippen molar-refractivity contribution in [1.29, 1.82) is 0 Å². The summed E-state index contributed by atoms with van der Waals surface area (Å²) in [6, 6.07) is 16.8. The van der Waals surface area contributed by atoms with Gasteiger partial charge >= 0.3 is 6.18 Å². The van der Waals surface area contributed by atoms with Crippen LogP contribution in [0.5, 0.6) is 0 Å². The Morgan fingerprint density at radius 2 is 1.76 bits per heavy atom. The molecule has 1 unspecified atom stereocenters. The fourth-order valence-corrected chi connectivity index (χ4v) is 4.21. The molecule has 1 aliphatic heterocycles. The van der Waals surface area contributed by atoms with Crippen LogP contribution in [-0.4, -0.2) is 40.7 Å². The summed E-state index contributed by atoms with van der Waals surface area (Å²) in [5.41, 5.74) is -0.910. The molecule has 0 amide bonds. The fraction of sp³-hybridized carbons (Fsp3) is 0.208. The van der Waals surface area contributed by atoms with E-state index in [9.17, 15) is 22.7 Å². The molecule has 9 heteroatoms. The Kier molecular flexibility index (Phi) is 5.01. The average molecular weight is 456 g/mol. The van der Waals surface area contributed by atoms with E-state index in [2.05, 4.69) is 10.4 Å². The molecule has 1 aliphatic rings. The predicted octanol–water partition coefficient (Wildman–Crippen LogP) is 4.85. The minimum atomic E-state index is -4.91. The number of β-amino-alcohol motifs (C(OH)–C–C–N with tert-alkyl or cyclic N) is 1. The van der Waals surface area contributed by atoms with E-state index in [1.54, 1.807) is 29.2 Å². The van der Waals surface area contributed by atoms with Gasteiger partial charge in [-0.1, -0.05) is 18.2 Å². The maximum atomic E-state index is 14.3. The molecule has 5 nitrogen and oxygen atoms in total. The van der Waals surface area contributed by atoms with Crippen LogP contribution in [0.25, 0.3) is 16.6 Å². The van der Waals surface area contributed by atoms with Crippen LogP contribution in [0.2, 0.25) is 0 Å². The summed E-state index contributed by atoms with van der Waals surface area (Å²) < 4.78 is 57.6. The first-order valence-electron chi connectivity index (χ1n) is 10.4. The zero-order chi connectivity index (χ0) is 23.2. The monoisotopic (exact) mass is 456 g/mol. The molecule has 1 aromatic heterocycles. The van der Waals surface area contributed by atoms with Crippen LogP contribution >= 0.6 is 0 Å². The summed E-state index contributed by atoms with van der Waals surface area (Å²) >= 11 is 0. The van der Waals surface area contributed by atoms with E-state index >= 15 is 0 Å². The summed E-state index contributed by atoms with van der Waals surface area (Å²) in [5, 5.41) is 18.9. The Bertz CT molecular complexity index is 1300. The second-order valence-corrected chi connectivity index (χ2v) is 8.03.